The van der Waals surface area contributed by atoms with Gasteiger partial charge in [0.05, 0.1) is 18.8 Å². The van der Waals surface area contributed by atoms with E-state index in [1.807, 2.05) is 6.07 Å². The summed E-state index contributed by atoms with van der Waals surface area (Å²) in [5, 5.41) is 5.83. The van der Waals surface area contributed by atoms with E-state index in [0.717, 1.165) is 37.1 Å². The fraction of sp³-hybridized carbons (Fsp3) is 0.600. The number of nitrogens with one attached hydrogen (secondary N) is 2. The summed E-state index contributed by atoms with van der Waals surface area (Å²) in [4.78, 5) is 28.7. The summed E-state index contributed by atoms with van der Waals surface area (Å²) in [7, 11) is 1.65. The molecule has 9 nitrogen and oxygen atoms in total. The van der Waals surface area contributed by atoms with Crippen LogP contribution in [0.1, 0.15) is 6.42 Å². The molecule has 0 atom stereocenters. The number of amides is 2. The van der Waals surface area contributed by atoms with Gasteiger partial charge in [0, 0.05) is 63.0 Å². The van der Waals surface area contributed by atoms with Crippen LogP contribution in [0.25, 0.3) is 0 Å². The summed E-state index contributed by atoms with van der Waals surface area (Å²) < 4.78 is 16.8. The molecule has 10 heteroatoms. The summed E-state index contributed by atoms with van der Waals surface area (Å²) in [6, 6.07) is 3.59. The molecule has 3 rings (SSSR count). The standard InChI is InChI=1S/C20H29BrN4O5/c1-28-8-2-3-22-19(26)13-24-4-6-25(7-5-24)14-20(27)23-16-12-18-17(11-15(16)21)29-9-10-30-18/h11-12H,2-10,13-14H2,1H3,(H,22,26)(H,23,27). The highest BCUT2D eigenvalue weighted by Gasteiger charge is 2.21. The second-order valence-corrected chi connectivity index (χ2v) is 8.13. The number of carbonyl (C=O) groups is 2. The molecule has 2 aliphatic heterocycles. The van der Waals surface area contributed by atoms with Gasteiger partial charge in [0.25, 0.3) is 0 Å². The maximum Gasteiger partial charge on any atom is 0.238 e. The molecule has 0 spiro atoms. The van der Waals surface area contributed by atoms with Crippen LogP contribution in [0.15, 0.2) is 16.6 Å². The molecule has 2 amide bonds. The first kappa shape index (κ1) is 22.8. The molecule has 166 valence electrons. The number of rotatable bonds is 9. The van der Waals surface area contributed by atoms with Crippen molar-refractivity contribution in [3.63, 3.8) is 0 Å². The van der Waals surface area contributed by atoms with E-state index in [-0.39, 0.29) is 11.8 Å². The van der Waals surface area contributed by atoms with Crippen molar-refractivity contribution in [3.8, 4) is 11.5 Å². The second-order valence-electron chi connectivity index (χ2n) is 7.27. The van der Waals surface area contributed by atoms with Crippen LogP contribution in [0, 0.1) is 0 Å². The third-order valence-corrected chi connectivity index (χ3v) is 5.61. The maximum atomic E-state index is 12.5. The number of methoxy groups -OCH3 is 1. The Balaban J connectivity index is 1.39. The second kappa shape index (κ2) is 11.5. The average Bonchev–Trinajstić information content (AvgIpc) is 2.73. The first-order valence-electron chi connectivity index (χ1n) is 10.1. The highest BCUT2D eigenvalue weighted by Crippen LogP contribution is 2.38. The van der Waals surface area contributed by atoms with Crippen molar-refractivity contribution >= 4 is 33.4 Å². The third kappa shape index (κ3) is 6.83. The minimum atomic E-state index is -0.0864. The van der Waals surface area contributed by atoms with Crippen LogP contribution in [-0.2, 0) is 14.3 Å². The lowest BCUT2D eigenvalue weighted by atomic mass is 10.2. The Labute approximate surface area is 185 Å². The normalized spacial score (nSPS) is 16.9. The van der Waals surface area contributed by atoms with Crippen molar-refractivity contribution < 1.29 is 23.8 Å². The zero-order valence-corrected chi connectivity index (χ0v) is 18.8. The Morgan fingerprint density at radius 3 is 2.27 bits per heavy atom. The number of benzene rings is 1. The molecule has 30 heavy (non-hydrogen) atoms. The number of ether oxygens (including phenoxy) is 3. The van der Waals surface area contributed by atoms with Gasteiger partial charge in [-0.25, -0.2) is 0 Å². The number of anilines is 1. The van der Waals surface area contributed by atoms with E-state index >= 15 is 0 Å². The van der Waals surface area contributed by atoms with Gasteiger partial charge < -0.3 is 24.8 Å². The molecule has 1 saturated heterocycles. The molecule has 0 aliphatic carbocycles. The Bertz CT molecular complexity index is 740. The van der Waals surface area contributed by atoms with Crippen LogP contribution in [0.3, 0.4) is 0 Å². The van der Waals surface area contributed by atoms with Gasteiger partial charge in [0.1, 0.15) is 13.2 Å². The van der Waals surface area contributed by atoms with E-state index in [4.69, 9.17) is 14.2 Å². The van der Waals surface area contributed by atoms with Crippen molar-refractivity contribution in [1.29, 1.82) is 0 Å². The molecule has 2 heterocycles. The molecular formula is C20H29BrN4O5. The van der Waals surface area contributed by atoms with Crippen molar-refractivity contribution in [2.75, 3.05) is 78.1 Å². The molecular weight excluding hydrogens is 456 g/mol. The zero-order chi connectivity index (χ0) is 21.3. The lowest BCUT2D eigenvalue weighted by Crippen LogP contribution is -2.51. The average molecular weight is 485 g/mol. The largest absolute Gasteiger partial charge is 0.486 e. The van der Waals surface area contributed by atoms with Gasteiger partial charge >= 0.3 is 0 Å². The molecule has 0 unspecified atom stereocenters. The van der Waals surface area contributed by atoms with Crippen LogP contribution >= 0.6 is 15.9 Å². The Hall–Kier alpha value is -1.88. The van der Waals surface area contributed by atoms with E-state index in [9.17, 15) is 9.59 Å². The van der Waals surface area contributed by atoms with Crippen LogP contribution in [0.5, 0.6) is 11.5 Å². The quantitative estimate of drug-likeness (QED) is 0.503. The smallest absolute Gasteiger partial charge is 0.238 e. The number of halogens is 1. The predicted octanol–water partition coefficient (Wildman–Crippen LogP) is 0.929. The highest BCUT2D eigenvalue weighted by atomic mass is 79.9. The molecule has 1 fully saturated rings. The Morgan fingerprint density at radius 2 is 1.63 bits per heavy atom. The summed E-state index contributed by atoms with van der Waals surface area (Å²) in [5.74, 6) is 1.25. The van der Waals surface area contributed by atoms with Crippen molar-refractivity contribution in [2.24, 2.45) is 0 Å². The number of fused-ring (bicyclic) bond motifs is 1. The molecule has 2 N–H and O–H groups in total. The molecule has 1 aromatic carbocycles. The number of hydrogen-bond donors (Lipinski definition) is 2. The lowest BCUT2D eigenvalue weighted by Gasteiger charge is -2.33. The SMILES string of the molecule is COCCCNC(=O)CN1CCN(CC(=O)Nc2cc3c(cc2Br)OCCO3)CC1. The van der Waals surface area contributed by atoms with Gasteiger partial charge in [0.15, 0.2) is 11.5 Å². The lowest BCUT2D eigenvalue weighted by molar-refractivity contribution is -0.123. The van der Waals surface area contributed by atoms with E-state index in [2.05, 4.69) is 36.4 Å². The first-order chi connectivity index (χ1) is 14.5. The third-order valence-electron chi connectivity index (χ3n) is 4.95. The van der Waals surface area contributed by atoms with Gasteiger partial charge in [0.2, 0.25) is 11.8 Å². The van der Waals surface area contributed by atoms with Crippen LogP contribution in [-0.4, -0.2) is 94.4 Å². The fourth-order valence-electron chi connectivity index (χ4n) is 3.36. The number of nitrogens with zero attached hydrogens (tertiary/aromatic N) is 2. The topological polar surface area (TPSA) is 92.4 Å². The Morgan fingerprint density at radius 1 is 1.03 bits per heavy atom. The number of carbonyl (C=O) groups excluding carboxylic acids is 2. The number of piperazine rings is 1. The van der Waals surface area contributed by atoms with Gasteiger partial charge in [-0.3, -0.25) is 19.4 Å². The van der Waals surface area contributed by atoms with Crippen LogP contribution < -0.4 is 20.1 Å². The van der Waals surface area contributed by atoms with Crippen LogP contribution in [0.4, 0.5) is 5.69 Å². The fourth-order valence-corrected chi connectivity index (χ4v) is 3.78. The minimum Gasteiger partial charge on any atom is -0.486 e. The van der Waals surface area contributed by atoms with Gasteiger partial charge in [-0.05, 0) is 22.4 Å². The van der Waals surface area contributed by atoms with Gasteiger partial charge in [-0.15, -0.1) is 0 Å². The predicted molar refractivity (Wildman–Crippen MR) is 116 cm³/mol. The van der Waals surface area contributed by atoms with Gasteiger partial charge in [-0.2, -0.15) is 0 Å². The summed E-state index contributed by atoms with van der Waals surface area (Å²) in [5.41, 5.74) is 0.660. The molecule has 0 bridgehead atoms. The molecule has 2 aliphatic rings. The van der Waals surface area contributed by atoms with Crippen molar-refractivity contribution in [2.45, 2.75) is 6.42 Å². The van der Waals surface area contributed by atoms with E-state index < -0.39 is 0 Å². The minimum absolute atomic E-state index is 0.0285. The van der Waals surface area contributed by atoms with Crippen molar-refractivity contribution in [1.82, 2.24) is 15.1 Å². The van der Waals surface area contributed by atoms with Crippen LogP contribution in [0.2, 0.25) is 0 Å². The number of hydrogen-bond acceptors (Lipinski definition) is 7. The summed E-state index contributed by atoms with van der Waals surface area (Å²) in [6.07, 6.45) is 0.810. The summed E-state index contributed by atoms with van der Waals surface area (Å²) in [6.45, 7) is 5.98. The molecule has 1 aromatic rings. The van der Waals surface area contributed by atoms with Crippen molar-refractivity contribution in [3.05, 3.63) is 16.6 Å². The zero-order valence-electron chi connectivity index (χ0n) is 17.2. The van der Waals surface area contributed by atoms with E-state index in [0.29, 0.717) is 56.6 Å². The van der Waals surface area contributed by atoms with E-state index in [1.165, 1.54) is 0 Å². The van der Waals surface area contributed by atoms with Gasteiger partial charge in [-0.1, -0.05) is 0 Å². The summed E-state index contributed by atoms with van der Waals surface area (Å²) >= 11 is 3.47. The first-order valence-corrected chi connectivity index (χ1v) is 10.9. The molecule has 0 aromatic heterocycles. The Kier molecular flexibility index (Phi) is 8.74. The monoisotopic (exact) mass is 484 g/mol. The van der Waals surface area contributed by atoms with E-state index in [1.54, 1.807) is 13.2 Å². The maximum absolute atomic E-state index is 12.5. The molecule has 0 radical (unpaired) electrons. The highest BCUT2D eigenvalue weighted by molar-refractivity contribution is 9.10. The molecule has 0 saturated carbocycles.